The van der Waals surface area contributed by atoms with Gasteiger partial charge in [-0.3, -0.25) is 4.79 Å². The van der Waals surface area contributed by atoms with Gasteiger partial charge in [-0.15, -0.1) is 0 Å². The summed E-state index contributed by atoms with van der Waals surface area (Å²) in [5.74, 6) is 0.371. The van der Waals surface area contributed by atoms with E-state index in [9.17, 15) is 4.79 Å². The van der Waals surface area contributed by atoms with Gasteiger partial charge in [0.1, 0.15) is 5.75 Å². The van der Waals surface area contributed by atoms with Gasteiger partial charge < -0.3 is 13.9 Å². The second-order valence-electron chi connectivity index (χ2n) is 7.20. The Bertz CT molecular complexity index is 567. The van der Waals surface area contributed by atoms with Crippen molar-refractivity contribution in [3.05, 3.63) is 26.8 Å². The molecule has 0 aliphatic rings. The second kappa shape index (κ2) is 9.19. The fraction of sp³-hybridized carbons (Fsp3) is 0.611. The lowest BCUT2D eigenvalue weighted by molar-refractivity contribution is -0.146. The predicted molar refractivity (Wildman–Crippen MR) is 108 cm³/mol. The van der Waals surface area contributed by atoms with Crippen LogP contribution in [0.1, 0.15) is 31.9 Å². The van der Waals surface area contributed by atoms with Crippen molar-refractivity contribution < 1.29 is 18.7 Å². The topological polar surface area (TPSA) is 44.8 Å². The number of hydrogen-bond donors (Lipinski definition) is 0. The van der Waals surface area contributed by atoms with E-state index < -0.39 is 9.04 Å². The minimum Gasteiger partial charge on any atom is -0.496 e. The molecule has 1 aromatic carbocycles. The first kappa shape index (κ1) is 21.4. The van der Waals surface area contributed by atoms with Crippen molar-refractivity contribution in [1.29, 1.82) is 0 Å². The fourth-order valence-corrected chi connectivity index (χ4v) is 3.94. The first-order chi connectivity index (χ1) is 11.1. The maximum atomic E-state index is 12.2. The van der Waals surface area contributed by atoms with Gasteiger partial charge >= 0.3 is 5.97 Å². The molecule has 4 nitrogen and oxygen atoms in total. The first-order valence-corrected chi connectivity index (χ1v) is 12.0. The summed E-state index contributed by atoms with van der Waals surface area (Å²) < 4.78 is 17.3. The van der Waals surface area contributed by atoms with Gasteiger partial charge in [0.2, 0.25) is 0 Å². The normalized spacial score (nSPS) is 13.0. The minimum absolute atomic E-state index is 0.0404. The Hall–Kier alpha value is -0.603. The van der Waals surface area contributed by atoms with E-state index in [-0.39, 0.29) is 17.3 Å². The summed E-state index contributed by atoms with van der Waals surface area (Å²) in [5, 5.41) is 0. The average molecular weight is 464 g/mol. The van der Waals surface area contributed by atoms with E-state index in [0.717, 1.165) is 14.9 Å². The van der Waals surface area contributed by atoms with Gasteiger partial charge in [-0.05, 0) is 70.8 Å². The molecule has 1 aromatic rings. The van der Waals surface area contributed by atoms with E-state index >= 15 is 0 Å². The highest BCUT2D eigenvalue weighted by atomic mass is 127. The van der Waals surface area contributed by atoms with Crippen molar-refractivity contribution in [3.63, 3.8) is 0 Å². The summed E-state index contributed by atoms with van der Waals surface area (Å²) in [5.41, 5.74) is 2.30. The highest BCUT2D eigenvalue weighted by molar-refractivity contribution is 14.1. The number of carbonyl (C=O) groups excluding carboxylic acids is 1. The summed E-state index contributed by atoms with van der Waals surface area (Å²) in [6, 6.07) is 4.20. The Morgan fingerprint density at radius 1 is 1.25 bits per heavy atom. The molecule has 0 aliphatic carbocycles. The van der Waals surface area contributed by atoms with E-state index in [0.29, 0.717) is 13.0 Å². The third-order valence-electron chi connectivity index (χ3n) is 3.82. The van der Waals surface area contributed by atoms with Crippen LogP contribution in [0.2, 0.25) is 13.1 Å². The number of halogens is 1. The van der Waals surface area contributed by atoms with Crippen LogP contribution in [-0.4, -0.2) is 35.8 Å². The SMILES string of the molecule is COC(=O)C(CO[SiH](C)C)Cc1cc(I)c(OC)cc1C(C)(C)C. The molecule has 0 N–H and O–H groups in total. The van der Waals surface area contributed by atoms with E-state index in [1.165, 1.54) is 12.7 Å². The number of hydrogen-bond acceptors (Lipinski definition) is 4. The molecule has 136 valence electrons. The monoisotopic (exact) mass is 464 g/mol. The first-order valence-electron chi connectivity index (χ1n) is 8.16. The van der Waals surface area contributed by atoms with Crippen LogP contribution in [0.3, 0.4) is 0 Å². The molecular weight excluding hydrogens is 435 g/mol. The number of methoxy groups -OCH3 is 2. The smallest absolute Gasteiger partial charge is 0.311 e. The largest absolute Gasteiger partial charge is 0.496 e. The van der Waals surface area contributed by atoms with Crippen LogP contribution in [-0.2, 0) is 25.8 Å². The zero-order chi connectivity index (χ0) is 18.5. The third kappa shape index (κ3) is 6.04. The maximum Gasteiger partial charge on any atom is 0.311 e. The van der Waals surface area contributed by atoms with Crippen molar-refractivity contribution in [3.8, 4) is 5.75 Å². The molecule has 0 aliphatic heterocycles. The minimum atomic E-state index is -1.18. The van der Waals surface area contributed by atoms with Crippen LogP contribution in [0.15, 0.2) is 12.1 Å². The molecule has 0 heterocycles. The molecule has 0 aromatic heterocycles. The fourth-order valence-electron chi connectivity index (χ4n) is 2.57. The van der Waals surface area contributed by atoms with Crippen LogP contribution < -0.4 is 4.74 Å². The maximum absolute atomic E-state index is 12.2. The summed E-state index contributed by atoms with van der Waals surface area (Å²) in [4.78, 5) is 12.2. The van der Waals surface area contributed by atoms with Gasteiger partial charge in [0.05, 0.1) is 23.7 Å². The Morgan fingerprint density at radius 2 is 1.88 bits per heavy atom. The van der Waals surface area contributed by atoms with Gasteiger partial charge in [0.15, 0.2) is 9.04 Å². The molecule has 0 radical (unpaired) electrons. The predicted octanol–water partition coefficient (Wildman–Crippen LogP) is 3.93. The van der Waals surface area contributed by atoms with Crippen LogP contribution in [0, 0.1) is 9.49 Å². The van der Waals surface area contributed by atoms with Crippen molar-refractivity contribution in [2.75, 3.05) is 20.8 Å². The van der Waals surface area contributed by atoms with Gasteiger partial charge in [-0.1, -0.05) is 20.8 Å². The molecule has 24 heavy (non-hydrogen) atoms. The van der Waals surface area contributed by atoms with Crippen LogP contribution >= 0.6 is 22.6 Å². The zero-order valence-electron chi connectivity index (χ0n) is 15.7. The molecule has 1 rings (SSSR count). The van der Waals surface area contributed by atoms with Crippen LogP contribution in [0.4, 0.5) is 0 Å². The second-order valence-corrected chi connectivity index (χ2v) is 10.8. The van der Waals surface area contributed by atoms with E-state index in [1.54, 1.807) is 7.11 Å². The number of esters is 1. The molecule has 0 saturated carbocycles. The molecule has 6 heteroatoms. The summed E-state index contributed by atoms with van der Waals surface area (Å²) >= 11 is 2.27. The number of ether oxygens (including phenoxy) is 2. The average Bonchev–Trinajstić information content (AvgIpc) is 2.49. The van der Waals surface area contributed by atoms with E-state index in [1.807, 2.05) is 0 Å². The molecule has 0 saturated heterocycles. The third-order valence-corrected chi connectivity index (χ3v) is 5.52. The number of benzene rings is 1. The number of carbonyl (C=O) groups is 1. The lowest BCUT2D eigenvalue weighted by Gasteiger charge is -2.26. The lowest BCUT2D eigenvalue weighted by atomic mass is 9.81. The van der Waals surface area contributed by atoms with Crippen LogP contribution in [0.25, 0.3) is 0 Å². The lowest BCUT2D eigenvalue weighted by Crippen LogP contribution is -2.28. The van der Waals surface area contributed by atoms with Gasteiger partial charge in [0.25, 0.3) is 0 Å². The Kier molecular flexibility index (Phi) is 8.21. The van der Waals surface area contributed by atoms with Gasteiger partial charge in [-0.25, -0.2) is 0 Å². The quantitative estimate of drug-likeness (QED) is 0.349. The van der Waals surface area contributed by atoms with Crippen molar-refractivity contribution in [1.82, 2.24) is 0 Å². The van der Waals surface area contributed by atoms with Crippen molar-refractivity contribution >= 4 is 37.6 Å². The molecule has 0 bridgehead atoms. The van der Waals surface area contributed by atoms with Gasteiger partial charge in [-0.2, -0.15) is 0 Å². The molecule has 0 fully saturated rings. The van der Waals surface area contributed by atoms with E-state index in [4.69, 9.17) is 13.9 Å². The Morgan fingerprint density at radius 3 is 2.33 bits per heavy atom. The van der Waals surface area contributed by atoms with Gasteiger partial charge in [0, 0.05) is 6.61 Å². The van der Waals surface area contributed by atoms with E-state index in [2.05, 4.69) is 68.6 Å². The summed E-state index contributed by atoms with van der Waals surface area (Å²) in [6.45, 7) is 11.1. The van der Waals surface area contributed by atoms with Crippen molar-refractivity contribution in [2.24, 2.45) is 5.92 Å². The molecule has 1 atom stereocenters. The molecule has 1 unspecified atom stereocenters. The highest BCUT2D eigenvalue weighted by Crippen LogP contribution is 2.34. The zero-order valence-corrected chi connectivity index (χ0v) is 19.0. The molecular formula is C18H29IO4Si. The van der Waals surface area contributed by atoms with Crippen molar-refractivity contribution in [2.45, 2.75) is 45.7 Å². The highest BCUT2D eigenvalue weighted by Gasteiger charge is 2.26. The summed E-state index contributed by atoms with van der Waals surface area (Å²) in [7, 11) is 1.93. The molecule has 0 amide bonds. The standard InChI is InChI=1S/C18H29IO4Si/c1-18(2,3)14-10-16(21-4)15(19)9-12(14)8-13(17(20)22-5)11-23-24(6)7/h9-10,13,24H,8,11H2,1-7H3. The van der Waals surface area contributed by atoms with Crippen LogP contribution in [0.5, 0.6) is 5.75 Å². The summed E-state index contributed by atoms with van der Waals surface area (Å²) in [6.07, 6.45) is 0.612. The molecule has 0 spiro atoms. The Labute approximate surface area is 161 Å². The number of rotatable bonds is 7. The Balaban J connectivity index is 3.21.